The van der Waals surface area contributed by atoms with Crippen molar-refractivity contribution in [3.05, 3.63) is 107 Å². The molecule has 4 rings (SSSR count). The van der Waals surface area contributed by atoms with E-state index >= 15 is 0 Å². The van der Waals surface area contributed by atoms with Gasteiger partial charge < -0.3 is 9.84 Å². The van der Waals surface area contributed by atoms with E-state index in [9.17, 15) is 14.3 Å². The molecule has 0 bridgehead atoms. The lowest BCUT2D eigenvalue weighted by Gasteiger charge is -2.12. The van der Waals surface area contributed by atoms with Gasteiger partial charge in [-0.25, -0.2) is 9.82 Å². The summed E-state index contributed by atoms with van der Waals surface area (Å²) in [6.45, 7) is 0.0517. The third kappa shape index (κ3) is 4.53. The number of para-hydroxylation sites is 1. The van der Waals surface area contributed by atoms with Gasteiger partial charge in [0.15, 0.2) is 0 Å². The Kier molecular flexibility index (Phi) is 5.89. The molecule has 0 heterocycles. The number of phenols is 1. The molecule has 0 radical (unpaired) electrons. The highest BCUT2D eigenvalue weighted by atomic mass is 19.1. The van der Waals surface area contributed by atoms with E-state index in [0.29, 0.717) is 16.9 Å². The number of halogens is 1. The number of rotatable bonds is 6. The van der Waals surface area contributed by atoms with Crippen molar-refractivity contribution < 1.29 is 19.0 Å². The Morgan fingerprint density at radius 3 is 2.55 bits per heavy atom. The number of phenolic OH excluding ortho intramolecular Hbond substituents is 1. The number of hydrogen-bond acceptors (Lipinski definition) is 4. The fourth-order valence-corrected chi connectivity index (χ4v) is 3.19. The summed E-state index contributed by atoms with van der Waals surface area (Å²) in [5.41, 5.74) is 3.62. The van der Waals surface area contributed by atoms with Crippen molar-refractivity contribution >= 4 is 22.9 Å². The first-order valence-corrected chi connectivity index (χ1v) is 9.63. The second kappa shape index (κ2) is 9.09. The molecule has 4 aromatic carbocycles. The lowest BCUT2D eigenvalue weighted by Crippen LogP contribution is -2.17. The molecule has 1 amide bonds. The van der Waals surface area contributed by atoms with Crippen LogP contribution in [-0.4, -0.2) is 17.2 Å². The van der Waals surface area contributed by atoms with Gasteiger partial charge in [0.25, 0.3) is 5.91 Å². The van der Waals surface area contributed by atoms with Crippen LogP contribution in [0.4, 0.5) is 4.39 Å². The average molecular weight is 414 g/mol. The number of carbonyl (C=O) groups excluding carboxylic acids is 1. The van der Waals surface area contributed by atoms with Crippen LogP contribution in [0.3, 0.4) is 0 Å². The number of hydrazone groups is 1. The molecule has 0 unspecified atom stereocenters. The molecule has 0 saturated carbocycles. The van der Waals surface area contributed by atoms with Crippen molar-refractivity contribution in [1.82, 2.24) is 5.43 Å². The van der Waals surface area contributed by atoms with Crippen molar-refractivity contribution in [2.75, 3.05) is 0 Å². The van der Waals surface area contributed by atoms with Crippen LogP contribution < -0.4 is 10.2 Å². The predicted octanol–water partition coefficient (Wildman–Crippen LogP) is 5.03. The highest BCUT2D eigenvalue weighted by Gasteiger charge is 2.11. The number of carbonyl (C=O) groups is 1. The monoisotopic (exact) mass is 414 g/mol. The van der Waals surface area contributed by atoms with Gasteiger partial charge in [0.2, 0.25) is 0 Å². The maximum atomic E-state index is 14.0. The zero-order valence-electron chi connectivity index (χ0n) is 16.5. The van der Waals surface area contributed by atoms with Crippen molar-refractivity contribution in [1.29, 1.82) is 0 Å². The van der Waals surface area contributed by atoms with E-state index in [4.69, 9.17) is 4.74 Å². The summed E-state index contributed by atoms with van der Waals surface area (Å²) in [5, 5.41) is 15.7. The predicted molar refractivity (Wildman–Crippen MR) is 118 cm³/mol. The summed E-state index contributed by atoms with van der Waals surface area (Å²) in [5.74, 6) is -0.506. The Morgan fingerprint density at radius 2 is 1.71 bits per heavy atom. The number of nitrogens with zero attached hydrogens (tertiary/aromatic N) is 1. The van der Waals surface area contributed by atoms with Crippen LogP contribution in [0.25, 0.3) is 10.8 Å². The van der Waals surface area contributed by atoms with Gasteiger partial charge in [0, 0.05) is 11.1 Å². The number of aromatic hydroxyl groups is 1. The molecule has 0 aliphatic carbocycles. The molecule has 0 saturated heterocycles. The van der Waals surface area contributed by atoms with E-state index in [1.807, 2.05) is 30.3 Å². The number of ether oxygens (including phenoxy) is 1. The van der Waals surface area contributed by atoms with Crippen molar-refractivity contribution in [3.63, 3.8) is 0 Å². The molecule has 0 aliphatic rings. The highest BCUT2D eigenvalue weighted by molar-refractivity contribution is 6.03. The smallest absolute Gasteiger partial charge is 0.275 e. The van der Waals surface area contributed by atoms with Crippen LogP contribution in [-0.2, 0) is 6.61 Å². The number of nitrogens with one attached hydrogen (secondary N) is 1. The van der Waals surface area contributed by atoms with Crippen LogP contribution in [0.2, 0.25) is 0 Å². The Hall–Kier alpha value is -4.19. The molecule has 4 aromatic rings. The fraction of sp³-hybridized carbons (Fsp3) is 0.0400. The summed E-state index contributed by atoms with van der Waals surface area (Å²) >= 11 is 0. The van der Waals surface area contributed by atoms with Crippen LogP contribution in [0.15, 0.2) is 90.0 Å². The maximum absolute atomic E-state index is 14.0. The first-order valence-electron chi connectivity index (χ1n) is 9.63. The summed E-state index contributed by atoms with van der Waals surface area (Å²) in [6.07, 6.45) is 1.48. The summed E-state index contributed by atoms with van der Waals surface area (Å²) in [7, 11) is 0. The second-order valence-electron chi connectivity index (χ2n) is 6.79. The van der Waals surface area contributed by atoms with E-state index in [-0.39, 0.29) is 23.7 Å². The van der Waals surface area contributed by atoms with Crippen LogP contribution in [0.5, 0.6) is 11.5 Å². The van der Waals surface area contributed by atoms with Gasteiger partial charge in [0.05, 0.1) is 11.8 Å². The van der Waals surface area contributed by atoms with Crippen LogP contribution in [0, 0.1) is 5.82 Å². The molecule has 0 aromatic heterocycles. The number of amides is 1. The van der Waals surface area contributed by atoms with Gasteiger partial charge in [-0.2, -0.15) is 5.10 Å². The van der Waals surface area contributed by atoms with Crippen molar-refractivity contribution in [2.24, 2.45) is 5.10 Å². The van der Waals surface area contributed by atoms with Gasteiger partial charge in [-0.1, -0.05) is 60.7 Å². The maximum Gasteiger partial charge on any atom is 0.275 e. The first kappa shape index (κ1) is 20.1. The van der Waals surface area contributed by atoms with E-state index < -0.39 is 5.91 Å². The van der Waals surface area contributed by atoms with Gasteiger partial charge in [0.1, 0.15) is 23.9 Å². The molecule has 0 aliphatic heterocycles. The van der Waals surface area contributed by atoms with Crippen molar-refractivity contribution in [3.8, 4) is 11.5 Å². The zero-order chi connectivity index (χ0) is 21.6. The summed E-state index contributed by atoms with van der Waals surface area (Å²) in [6, 6.07) is 24.0. The molecule has 0 spiro atoms. The Morgan fingerprint density at radius 1 is 0.968 bits per heavy atom. The quantitative estimate of drug-likeness (QED) is 0.343. The largest absolute Gasteiger partial charge is 0.507 e. The molecule has 0 fully saturated rings. The average Bonchev–Trinajstić information content (AvgIpc) is 2.79. The number of hydrogen-bond donors (Lipinski definition) is 2. The van der Waals surface area contributed by atoms with Crippen LogP contribution >= 0.6 is 0 Å². The number of fused-ring (bicyclic) bond motifs is 1. The van der Waals surface area contributed by atoms with Crippen LogP contribution in [0.1, 0.15) is 21.5 Å². The molecule has 31 heavy (non-hydrogen) atoms. The highest BCUT2D eigenvalue weighted by Crippen LogP contribution is 2.27. The molecule has 5 nitrogen and oxygen atoms in total. The number of benzene rings is 4. The summed E-state index contributed by atoms with van der Waals surface area (Å²) < 4.78 is 19.8. The van der Waals surface area contributed by atoms with E-state index in [1.54, 1.807) is 36.4 Å². The summed E-state index contributed by atoms with van der Waals surface area (Å²) in [4.78, 5) is 12.3. The third-order valence-corrected chi connectivity index (χ3v) is 4.78. The minimum atomic E-state index is -0.539. The fourth-order valence-electron chi connectivity index (χ4n) is 3.19. The third-order valence-electron chi connectivity index (χ3n) is 4.78. The van der Waals surface area contributed by atoms with E-state index in [1.165, 1.54) is 24.4 Å². The Labute approximate surface area is 178 Å². The minimum absolute atomic E-state index is 0.0517. The lowest BCUT2D eigenvalue weighted by molar-refractivity contribution is 0.0952. The zero-order valence-corrected chi connectivity index (χ0v) is 16.5. The van der Waals surface area contributed by atoms with Gasteiger partial charge in [-0.05, 0) is 35.0 Å². The molecular weight excluding hydrogens is 395 g/mol. The lowest BCUT2D eigenvalue weighted by atomic mass is 10.0. The minimum Gasteiger partial charge on any atom is -0.507 e. The normalized spacial score (nSPS) is 11.0. The standard InChI is InChI=1S/C25H19FN2O3/c26-22-11-5-2-8-18(22)16-31-24-14-13-17-7-1-3-9-19(17)21(24)15-27-28-25(30)20-10-4-6-12-23(20)29/h1-15,29H,16H2,(H,28,30)/b27-15+. The Bertz CT molecular complexity index is 1270. The topological polar surface area (TPSA) is 70.9 Å². The van der Waals surface area contributed by atoms with Gasteiger partial charge in [-0.15, -0.1) is 0 Å². The van der Waals surface area contributed by atoms with E-state index in [2.05, 4.69) is 10.5 Å². The SMILES string of the molecule is O=C(N/N=C/c1c(OCc2ccccc2F)ccc2ccccc12)c1ccccc1O. The van der Waals surface area contributed by atoms with Crippen molar-refractivity contribution in [2.45, 2.75) is 6.61 Å². The Balaban J connectivity index is 1.61. The van der Waals surface area contributed by atoms with E-state index in [0.717, 1.165) is 10.8 Å². The molecule has 2 N–H and O–H groups in total. The van der Waals surface area contributed by atoms with Gasteiger partial charge in [-0.3, -0.25) is 4.79 Å². The molecule has 6 heteroatoms. The molecule has 0 atom stereocenters. The van der Waals surface area contributed by atoms with Gasteiger partial charge >= 0.3 is 0 Å². The molecule has 154 valence electrons. The molecular formula is C25H19FN2O3. The second-order valence-corrected chi connectivity index (χ2v) is 6.79. The first-order chi connectivity index (χ1) is 15.1.